The van der Waals surface area contributed by atoms with Gasteiger partial charge in [-0.1, -0.05) is 12.1 Å². The Morgan fingerprint density at radius 3 is 2.80 bits per heavy atom. The Morgan fingerprint density at radius 1 is 1.24 bits per heavy atom. The molecule has 0 radical (unpaired) electrons. The largest absolute Gasteiger partial charge is 0.323 e. The number of aryl methyl sites for hydroxylation is 1. The molecule has 2 amide bonds. The van der Waals surface area contributed by atoms with Crippen LogP contribution < -0.4 is 5.32 Å². The zero-order valence-corrected chi connectivity index (χ0v) is 14.1. The monoisotopic (exact) mass is 337 g/mol. The topological polar surface area (TPSA) is 88.8 Å². The second-order valence-electron chi connectivity index (χ2n) is 5.54. The summed E-state index contributed by atoms with van der Waals surface area (Å²) in [7, 11) is 1.75. The number of benzene rings is 1. The number of hydrogen-bond donors (Lipinski definition) is 1. The second-order valence-corrected chi connectivity index (χ2v) is 5.54. The van der Waals surface area contributed by atoms with Crippen molar-refractivity contribution >= 4 is 11.7 Å². The van der Waals surface area contributed by atoms with E-state index in [4.69, 9.17) is 0 Å². The van der Waals surface area contributed by atoms with E-state index in [1.165, 1.54) is 0 Å². The summed E-state index contributed by atoms with van der Waals surface area (Å²) in [5.41, 5.74) is 2.56. The molecule has 0 saturated heterocycles. The number of nitrogens with one attached hydrogen (secondary N) is 1. The van der Waals surface area contributed by atoms with Crippen LogP contribution in [0.4, 0.5) is 10.5 Å². The maximum Gasteiger partial charge on any atom is 0.321 e. The van der Waals surface area contributed by atoms with Crippen molar-refractivity contribution in [2.24, 2.45) is 0 Å². The number of hydrogen-bond acceptors (Lipinski definition) is 5. The van der Waals surface area contributed by atoms with Gasteiger partial charge < -0.3 is 10.2 Å². The zero-order chi connectivity index (χ0) is 17.6. The Hall–Kier alpha value is -3.29. The SMILES string of the molecule is CCn1nnnc1-c1cccc(NC(=O)N(C)Cc2ccncc2)c1. The van der Waals surface area contributed by atoms with Crippen molar-refractivity contribution in [1.29, 1.82) is 0 Å². The fourth-order valence-electron chi connectivity index (χ4n) is 2.41. The molecular formula is C17H19N7O. The van der Waals surface area contributed by atoms with E-state index in [-0.39, 0.29) is 6.03 Å². The fourth-order valence-corrected chi connectivity index (χ4v) is 2.41. The van der Waals surface area contributed by atoms with Crippen molar-refractivity contribution < 1.29 is 4.79 Å². The Morgan fingerprint density at radius 2 is 2.04 bits per heavy atom. The van der Waals surface area contributed by atoms with Gasteiger partial charge >= 0.3 is 6.03 Å². The number of rotatable bonds is 5. The molecule has 3 aromatic rings. The van der Waals surface area contributed by atoms with Crippen LogP contribution in [0.25, 0.3) is 11.4 Å². The molecule has 0 unspecified atom stereocenters. The number of anilines is 1. The first-order chi connectivity index (χ1) is 12.2. The van der Waals surface area contributed by atoms with Gasteiger partial charge in [0, 0.05) is 43.8 Å². The summed E-state index contributed by atoms with van der Waals surface area (Å²) in [5, 5.41) is 14.6. The molecule has 0 atom stereocenters. The van der Waals surface area contributed by atoms with Gasteiger partial charge in [-0.3, -0.25) is 4.98 Å². The minimum Gasteiger partial charge on any atom is -0.323 e. The lowest BCUT2D eigenvalue weighted by atomic mass is 10.2. The van der Waals surface area contributed by atoms with Crippen molar-refractivity contribution in [2.75, 3.05) is 12.4 Å². The minimum absolute atomic E-state index is 0.191. The van der Waals surface area contributed by atoms with Gasteiger partial charge in [0.2, 0.25) is 0 Å². The predicted octanol–water partition coefficient (Wildman–Crippen LogP) is 2.42. The van der Waals surface area contributed by atoms with Crippen molar-refractivity contribution in [2.45, 2.75) is 20.0 Å². The average Bonchev–Trinajstić information content (AvgIpc) is 3.11. The van der Waals surface area contributed by atoms with Crippen molar-refractivity contribution in [3.63, 3.8) is 0 Å². The van der Waals surface area contributed by atoms with Gasteiger partial charge in [-0.05, 0) is 47.2 Å². The van der Waals surface area contributed by atoms with Crippen LogP contribution in [-0.4, -0.2) is 43.2 Å². The van der Waals surface area contributed by atoms with E-state index in [1.807, 2.05) is 43.3 Å². The first-order valence-electron chi connectivity index (χ1n) is 7.95. The summed E-state index contributed by atoms with van der Waals surface area (Å²) < 4.78 is 1.70. The normalized spacial score (nSPS) is 10.5. The van der Waals surface area contributed by atoms with E-state index in [1.54, 1.807) is 29.0 Å². The van der Waals surface area contributed by atoms with Crippen LogP contribution >= 0.6 is 0 Å². The third kappa shape index (κ3) is 3.97. The van der Waals surface area contributed by atoms with E-state index in [0.717, 1.165) is 11.1 Å². The molecule has 8 heteroatoms. The van der Waals surface area contributed by atoms with Crippen LogP contribution in [-0.2, 0) is 13.1 Å². The molecule has 0 aliphatic heterocycles. The van der Waals surface area contributed by atoms with Gasteiger partial charge in [0.1, 0.15) is 0 Å². The number of tetrazole rings is 1. The highest BCUT2D eigenvalue weighted by Gasteiger charge is 2.12. The molecule has 0 aliphatic rings. The first-order valence-corrected chi connectivity index (χ1v) is 7.95. The maximum absolute atomic E-state index is 12.4. The van der Waals surface area contributed by atoms with E-state index in [9.17, 15) is 4.79 Å². The molecule has 25 heavy (non-hydrogen) atoms. The molecule has 128 valence electrons. The fraction of sp³-hybridized carbons (Fsp3) is 0.235. The second kappa shape index (κ2) is 7.52. The Balaban J connectivity index is 1.70. The molecule has 2 heterocycles. The van der Waals surface area contributed by atoms with Gasteiger partial charge in [0.15, 0.2) is 5.82 Å². The van der Waals surface area contributed by atoms with E-state index in [0.29, 0.717) is 24.6 Å². The molecule has 1 aromatic carbocycles. The number of amides is 2. The third-order valence-corrected chi connectivity index (χ3v) is 3.72. The van der Waals surface area contributed by atoms with E-state index >= 15 is 0 Å². The van der Waals surface area contributed by atoms with E-state index in [2.05, 4.69) is 25.8 Å². The molecule has 0 bridgehead atoms. The van der Waals surface area contributed by atoms with Crippen LogP contribution in [0.15, 0.2) is 48.8 Å². The van der Waals surface area contributed by atoms with E-state index < -0.39 is 0 Å². The summed E-state index contributed by atoms with van der Waals surface area (Å²) >= 11 is 0. The van der Waals surface area contributed by atoms with Gasteiger partial charge in [-0.15, -0.1) is 5.10 Å². The summed E-state index contributed by atoms with van der Waals surface area (Å²) in [6.07, 6.45) is 3.42. The molecule has 1 N–H and O–H groups in total. The Bertz CT molecular complexity index is 847. The van der Waals surface area contributed by atoms with Crippen LogP contribution in [0.5, 0.6) is 0 Å². The third-order valence-electron chi connectivity index (χ3n) is 3.72. The quantitative estimate of drug-likeness (QED) is 0.772. The highest BCUT2D eigenvalue weighted by molar-refractivity contribution is 5.89. The Labute approximate surface area is 145 Å². The zero-order valence-electron chi connectivity index (χ0n) is 14.1. The lowest BCUT2D eigenvalue weighted by molar-refractivity contribution is 0.220. The highest BCUT2D eigenvalue weighted by atomic mass is 16.2. The summed E-state index contributed by atoms with van der Waals surface area (Å²) in [6, 6.07) is 11.0. The van der Waals surface area contributed by atoms with Gasteiger partial charge in [0.25, 0.3) is 0 Å². The summed E-state index contributed by atoms with van der Waals surface area (Å²) in [4.78, 5) is 18.0. The van der Waals surface area contributed by atoms with Crippen LogP contribution in [0.3, 0.4) is 0 Å². The number of nitrogens with zero attached hydrogens (tertiary/aromatic N) is 6. The van der Waals surface area contributed by atoms with Crippen LogP contribution in [0.2, 0.25) is 0 Å². The van der Waals surface area contributed by atoms with Crippen molar-refractivity contribution in [3.8, 4) is 11.4 Å². The number of carbonyl (C=O) groups is 1. The number of carbonyl (C=O) groups excluding carboxylic acids is 1. The number of aromatic nitrogens is 5. The maximum atomic E-state index is 12.4. The minimum atomic E-state index is -0.191. The Kier molecular flexibility index (Phi) is 4.98. The standard InChI is InChI=1S/C17H19N7O/c1-3-24-16(20-21-22-24)14-5-4-6-15(11-14)19-17(25)23(2)12-13-7-9-18-10-8-13/h4-11H,3,12H2,1-2H3,(H,19,25). The molecule has 0 saturated carbocycles. The molecular weight excluding hydrogens is 318 g/mol. The smallest absolute Gasteiger partial charge is 0.321 e. The molecule has 3 rings (SSSR count). The predicted molar refractivity (Wildman–Crippen MR) is 93.6 cm³/mol. The number of urea groups is 1. The van der Waals surface area contributed by atoms with Crippen molar-refractivity contribution in [3.05, 3.63) is 54.4 Å². The summed E-state index contributed by atoms with van der Waals surface area (Å²) in [5.74, 6) is 0.670. The lowest BCUT2D eigenvalue weighted by Gasteiger charge is -2.18. The number of pyridine rings is 1. The molecule has 2 aromatic heterocycles. The van der Waals surface area contributed by atoms with Gasteiger partial charge in [-0.2, -0.15) is 0 Å². The lowest BCUT2D eigenvalue weighted by Crippen LogP contribution is -2.30. The van der Waals surface area contributed by atoms with Crippen LogP contribution in [0, 0.1) is 0 Å². The molecule has 8 nitrogen and oxygen atoms in total. The first kappa shape index (κ1) is 16.6. The summed E-state index contributed by atoms with van der Waals surface area (Å²) in [6.45, 7) is 3.15. The molecule has 0 spiro atoms. The average molecular weight is 337 g/mol. The molecule has 0 aliphatic carbocycles. The van der Waals surface area contributed by atoms with Gasteiger partial charge in [-0.25, -0.2) is 9.48 Å². The van der Waals surface area contributed by atoms with Gasteiger partial charge in [0.05, 0.1) is 0 Å². The van der Waals surface area contributed by atoms with Crippen LogP contribution in [0.1, 0.15) is 12.5 Å². The van der Waals surface area contributed by atoms with Crippen molar-refractivity contribution in [1.82, 2.24) is 30.1 Å². The molecule has 0 fully saturated rings. The highest BCUT2D eigenvalue weighted by Crippen LogP contribution is 2.20.